The summed E-state index contributed by atoms with van der Waals surface area (Å²) in [6.07, 6.45) is 2.63. The predicted molar refractivity (Wildman–Crippen MR) is 92.0 cm³/mol. The molecule has 1 atom stereocenters. The van der Waals surface area contributed by atoms with Crippen LogP contribution in [0.3, 0.4) is 0 Å². The van der Waals surface area contributed by atoms with Crippen LogP contribution in [0.2, 0.25) is 0 Å². The summed E-state index contributed by atoms with van der Waals surface area (Å²) in [5.41, 5.74) is 0.169. The van der Waals surface area contributed by atoms with Gasteiger partial charge in [0.05, 0.1) is 0 Å². The van der Waals surface area contributed by atoms with Gasteiger partial charge in [-0.2, -0.15) is 0 Å². The van der Waals surface area contributed by atoms with E-state index in [1.807, 2.05) is 7.05 Å². The van der Waals surface area contributed by atoms with E-state index in [0.717, 1.165) is 32.1 Å². The predicted octanol–water partition coefficient (Wildman–Crippen LogP) is 1.37. The molecular weight excluding hydrogens is 262 g/mol. The van der Waals surface area contributed by atoms with Crippen LogP contribution in [0, 0.1) is 0 Å². The maximum atomic E-state index is 4.40. The molecule has 0 radical (unpaired) electrons. The van der Waals surface area contributed by atoms with E-state index in [4.69, 9.17) is 0 Å². The molecule has 1 aliphatic heterocycles. The zero-order valence-corrected chi connectivity index (χ0v) is 14.9. The van der Waals surface area contributed by atoms with E-state index < -0.39 is 0 Å². The Morgan fingerprint density at radius 2 is 2.05 bits per heavy atom. The van der Waals surface area contributed by atoms with Crippen molar-refractivity contribution in [1.29, 1.82) is 0 Å². The van der Waals surface area contributed by atoms with Gasteiger partial charge in [-0.1, -0.05) is 6.92 Å². The molecule has 1 saturated heterocycles. The van der Waals surface area contributed by atoms with Crippen LogP contribution in [0.15, 0.2) is 4.99 Å². The fourth-order valence-corrected chi connectivity index (χ4v) is 2.92. The standard InChI is InChI=1S/C16H35N5/c1-7-21-12-8-9-14(21)13-20(6)15(17-5)18-10-11-19-16(2,3)4/h14,19H,7-13H2,1-6H3,(H,17,18). The number of likely N-dealkylation sites (N-methyl/N-ethyl adjacent to an activating group) is 2. The fraction of sp³-hybridized carbons (Fsp3) is 0.938. The Hall–Kier alpha value is -0.810. The topological polar surface area (TPSA) is 42.9 Å². The number of nitrogens with one attached hydrogen (secondary N) is 2. The first-order valence-electron chi connectivity index (χ1n) is 8.28. The molecule has 5 heteroatoms. The monoisotopic (exact) mass is 297 g/mol. The van der Waals surface area contributed by atoms with Crippen molar-refractivity contribution in [2.45, 2.75) is 52.1 Å². The zero-order chi connectivity index (χ0) is 15.9. The van der Waals surface area contributed by atoms with Gasteiger partial charge in [0.2, 0.25) is 0 Å². The maximum absolute atomic E-state index is 4.40. The van der Waals surface area contributed by atoms with Crippen molar-refractivity contribution in [3.8, 4) is 0 Å². The van der Waals surface area contributed by atoms with Crippen molar-refractivity contribution in [1.82, 2.24) is 20.4 Å². The normalized spacial score (nSPS) is 20.9. The van der Waals surface area contributed by atoms with Gasteiger partial charge in [0.25, 0.3) is 0 Å². The van der Waals surface area contributed by atoms with Crippen LogP contribution in [0.5, 0.6) is 0 Å². The number of rotatable bonds is 6. The van der Waals surface area contributed by atoms with Gasteiger partial charge in [-0.3, -0.25) is 9.89 Å². The van der Waals surface area contributed by atoms with Gasteiger partial charge in [0.15, 0.2) is 5.96 Å². The summed E-state index contributed by atoms with van der Waals surface area (Å²) in [4.78, 5) is 9.23. The van der Waals surface area contributed by atoms with Crippen molar-refractivity contribution >= 4 is 5.96 Å². The number of likely N-dealkylation sites (tertiary alicyclic amines) is 1. The minimum Gasteiger partial charge on any atom is -0.355 e. The number of guanidine groups is 1. The number of aliphatic imine (C=N–C) groups is 1. The highest BCUT2D eigenvalue weighted by molar-refractivity contribution is 5.79. The second-order valence-electron chi connectivity index (χ2n) is 6.96. The molecule has 0 saturated carbocycles. The first-order valence-corrected chi connectivity index (χ1v) is 8.28. The summed E-state index contributed by atoms with van der Waals surface area (Å²) in [5.74, 6) is 0.994. The molecule has 0 aromatic heterocycles. The highest BCUT2D eigenvalue weighted by atomic mass is 15.3. The Labute approximate surface area is 131 Å². The van der Waals surface area contributed by atoms with Crippen LogP contribution in [0.1, 0.15) is 40.5 Å². The van der Waals surface area contributed by atoms with Crippen molar-refractivity contribution < 1.29 is 0 Å². The van der Waals surface area contributed by atoms with Gasteiger partial charge in [0, 0.05) is 45.3 Å². The van der Waals surface area contributed by atoms with E-state index in [-0.39, 0.29) is 5.54 Å². The van der Waals surface area contributed by atoms with E-state index in [1.165, 1.54) is 19.4 Å². The molecule has 0 bridgehead atoms. The van der Waals surface area contributed by atoms with Crippen LogP contribution in [0.25, 0.3) is 0 Å². The average Bonchev–Trinajstić information content (AvgIpc) is 2.84. The van der Waals surface area contributed by atoms with E-state index in [0.29, 0.717) is 6.04 Å². The van der Waals surface area contributed by atoms with Gasteiger partial charge >= 0.3 is 0 Å². The van der Waals surface area contributed by atoms with Crippen LogP contribution in [0.4, 0.5) is 0 Å². The van der Waals surface area contributed by atoms with E-state index in [9.17, 15) is 0 Å². The van der Waals surface area contributed by atoms with Crippen molar-refractivity contribution in [2.75, 3.05) is 46.8 Å². The molecule has 2 N–H and O–H groups in total. The lowest BCUT2D eigenvalue weighted by Crippen LogP contribution is -2.48. The van der Waals surface area contributed by atoms with Crippen LogP contribution >= 0.6 is 0 Å². The lowest BCUT2D eigenvalue weighted by Gasteiger charge is -2.30. The van der Waals surface area contributed by atoms with E-state index >= 15 is 0 Å². The molecule has 21 heavy (non-hydrogen) atoms. The van der Waals surface area contributed by atoms with Gasteiger partial charge < -0.3 is 15.5 Å². The molecule has 124 valence electrons. The van der Waals surface area contributed by atoms with E-state index in [2.05, 4.69) is 60.2 Å². The molecule has 1 rings (SSSR count). The molecule has 1 unspecified atom stereocenters. The third-order valence-electron chi connectivity index (χ3n) is 4.03. The first kappa shape index (κ1) is 18.2. The van der Waals surface area contributed by atoms with Crippen molar-refractivity contribution in [3.63, 3.8) is 0 Å². The molecule has 0 amide bonds. The lowest BCUT2D eigenvalue weighted by molar-refractivity contribution is 0.232. The van der Waals surface area contributed by atoms with Crippen molar-refractivity contribution in [3.05, 3.63) is 0 Å². The summed E-state index contributed by atoms with van der Waals surface area (Å²) >= 11 is 0. The highest BCUT2D eigenvalue weighted by Gasteiger charge is 2.24. The number of nitrogens with zero attached hydrogens (tertiary/aromatic N) is 3. The Bertz CT molecular complexity index is 321. The summed E-state index contributed by atoms with van der Waals surface area (Å²) in [5, 5.41) is 6.93. The largest absolute Gasteiger partial charge is 0.355 e. The minimum absolute atomic E-state index is 0.169. The summed E-state index contributed by atoms with van der Waals surface area (Å²) in [6, 6.07) is 0.672. The maximum Gasteiger partial charge on any atom is 0.193 e. The smallest absolute Gasteiger partial charge is 0.193 e. The molecule has 1 fully saturated rings. The summed E-state index contributed by atoms with van der Waals surface area (Å²) in [7, 11) is 4.00. The third kappa shape index (κ3) is 6.66. The number of hydrogen-bond acceptors (Lipinski definition) is 3. The first-order chi connectivity index (χ1) is 9.87. The number of hydrogen-bond donors (Lipinski definition) is 2. The third-order valence-corrected chi connectivity index (χ3v) is 4.03. The molecule has 0 aromatic carbocycles. The van der Waals surface area contributed by atoms with Gasteiger partial charge in [0.1, 0.15) is 0 Å². The van der Waals surface area contributed by atoms with Crippen molar-refractivity contribution in [2.24, 2.45) is 4.99 Å². The Balaban J connectivity index is 2.34. The van der Waals surface area contributed by atoms with Gasteiger partial charge in [-0.25, -0.2) is 0 Å². The summed E-state index contributed by atoms with van der Waals surface area (Å²) < 4.78 is 0. The highest BCUT2D eigenvalue weighted by Crippen LogP contribution is 2.17. The Morgan fingerprint density at radius 3 is 2.62 bits per heavy atom. The minimum atomic E-state index is 0.169. The van der Waals surface area contributed by atoms with Gasteiger partial charge in [-0.05, 0) is 46.7 Å². The Kier molecular flexibility index (Phi) is 7.46. The van der Waals surface area contributed by atoms with Crippen LogP contribution < -0.4 is 10.6 Å². The van der Waals surface area contributed by atoms with Crippen LogP contribution in [-0.4, -0.2) is 74.2 Å². The summed E-state index contributed by atoms with van der Waals surface area (Å²) in [6.45, 7) is 14.1. The molecule has 0 aromatic rings. The average molecular weight is 297 g/mol. The fourth-order valence-electron chi connectivity index (χ4n) is 2.92. The van der Waals surface area contributed by atoms with E-state index in [1.54, 1.807) is 0 Å². The molecular formula is C16H35N5. The van der Waals surface area contributed by atoms with Gasteiger partial charge in [-0.15, -0.1) is 0 Å². The lowest BCUT2D eigenvalue weighted by atomic mass is 10.1. The SMILES string of the molecule is CCN1CCCC1CN(C)C(=NC)NCCNC(C)(C)C. The molecule has 1 heterocycles. The zero-order valence-electron chi connectivity index (χ0n) is 14.9. The second kappa shape index (κ2) is 8.59. The molecule has 0 spiro atoms. The van der Waals surface area contributed by atoms with Crippen LogP contribution in [-0.2, 0) is 0 Å². The second-order valence-corrected chi connectivity index (χ2v) is 6.96. The molecule has 0 aliphatic carbocycles. The quantitative estimate of drug-likeness (QED) is 0.441. The molecule has 1 aliphatic rings. The molecule has 5 nitrogen and oxygen atoms in total. The Morgan fingerprint density at radius 1 is 1.33 bits per heavy atom.